The predicted octanol–water partition coefficient (Wildman–Crippen LogP) is 5.26. The van der Waals surface area contributed by atoms with Gasteiger partial charge in [0.2, 0.25) is 0 Å². The van der Waals surface area contributed by atoms with Crippen molar-refractivity contribution in [3.05, 3.63) is 70.8 Å². The average molecular weight is 348 g/mol. The number of hydrogen-bond acceptors (Lipinski definition) is 0. The molecule has 2 aromatic rings. The molecule has 0 spiro atoms. The van der Waals surface area contributed by atoms with E-state index in [2.05, 4.69) is 78.0 Å². The summed E-state index contributed by atoms with van der Waals surface area (Å²) in [5.74, 6) is 0.611. The molecule has 1 heteroatoms. The largest absolute Gasteiger partial charge is 0.0777 e. The zero-order valence-electron chi connectivity index (χ0n) is 10.6. The molecule has 0 fully saturated rings. The first-order valence-electron chi connectivity index (χ1n) is 6.57. The highest BCUT2D eigenvalue weighted by Gasteiger charge is 2.23. The number of rotatable bonds is 2. The van der Waals surface area contributed by atoms with E-state index in [0.29, 0.717) is 9.84 Å². The van der Waals surface area contributed by atoms with E-state index >= 15 is 0 Å². The van der Waals surface area contributed by atoms with Crippen LogP contribution in [0.3, 0.4) is 0 Å². The molecule has 1 aliphatic rings. The van der Waals surface area contributed by atoms with Crippen LogP contribution in [0.25, 0.3) is 0 Å². The van der Waals surface area contributed by atoms with E-state index < -0.39 is 0 Å². The van der Waals surface area contributed by atoms with Crippen LogP contribution in [0.15, 0.2) is 48.5 Å². The van der Waals surface area contributed by atoms with Gasteiger partial charge in [-0.25, -0.2) is 0 Å². The Labute approximate surface area is 123 Å². The number of halogens is 1. The maximum atomic E-state index is 2.47. The van der Waals surface area contributed by atoms with Crippen LogP contribution >= 0.6 is 22.6 Å². The van der Waals surface area contributed by atoms with E-state index in [9.17, 15) is 0 Å². The van der Waals surface area contributed by atoms with Crippen molar-refractivity contribution in [2.75, 3.05) is 0 Å². The molecular weight excluding hydrogens is 331 g/mol. The molecule has 2 unspecified atom stereocenters. The van der Waals surface area contributed by atoms with Crippen molar-refractivity contribution >= 4 is 22.6 Å². The topological polar surface area (TPSA) is 0 Å². The second-order valence-corrected chi connectivity index (χ2v) is 6.94. The van der Waals surface area contributed by atoms with Gasteiger partial charge in [-0.1, -0.05) is 71.1 Å². The zero-order chi connectivity index (χ0) is 12.5. The summed E-state index contributed by atoms with van der Waals surface area (Å²) in [4.78, 5) is 0. The Morgan fingerprint density at radius 2 is 1.78 bits per heavy atom. The van der Waals surface area contributed by atoms with Crippen molar-refractivity contribution in [2.45, 2.75) is 29.6 Å². The summed E-state index contributed by atoms with van der Waals surface area (Å²) in [6.45, 7) is 2.24. The molecule has 1 aliphatic carbocycles. The zero-order valence-corrected chi connectivity index (χ0v) is 12.7. The average Bonchev–Trinajstić information content (AvgIpc) is 2.82. The van der Waals surface area contributed by atoms with Crippen molar-refractivity contribution < 1.29 is 0 Å². The van der Waals surface area contributed by atoms with Gasteiger partial charge in [0, 0.05) is 9.84 Å². The molecule has 3 rings (SSSR count). The highest BCUT2D eigenvalue weighted by Crippen LogP contribution is 2.38. The van der Waals surface area contributed by atoms with Gasteiger partial charge >= 0.3 is 0 Å². The molecule has 0 radical (unpaired) electrons. The van der Waals surface area contributed by atoms with E-state index in [1.165, 1.54) is 35.1 Å². The number of fused-ring (bicyclic) bond motifs is 1. The van der Waals surface area contributed by atoms with Crippen molar-refractivity contribution in [1.82, 2.24) is 0 Å². The molecule has 18 heavy (non-hydrogen) atoms. The number of benzene rings is 2. The lowest BCUT2D eigenvalue weighted by molar-refractivity contribution is 0.787. The van der Waals surface area contributed by atoms with E-state index in [1.807, 2.05) is 0 Å². The van der Waals surface area contributed by atoms with Gasteiger partial charge in [-0.15, -0.1) is 0 Å². The molecule has 0 aliphatic heterocycles. The molecule has 0 amide bonds. The highest BCUT2D eigenvalue weighted by molar-refractivity contribution is 14.1. The molecule has 0 aromatic heterocycles. The molecular formula is C17H17I. The molecule has 0 heterocycles. The van der Waals surface area contributed by atoms with Gasteiger partial charge in [-0.3, -0.25) is 0 Å². The maximum Gasteiger partial charge on any atom is 0.0331 e. The fraction of sp³-hybridized carbons (Fsp3) is 0.294. The number of alkyl halides is 1. The summed E-state index contributed by atoms with van der Waals surface area (Å²) < 4.78 is 0.590. The molecule has 0 saturated carbocycles. The summed E-state index contributed by atoms with van der Waals surface area (Å²) in [7, 11) is 0. The van der Waals surface area contributed by atoms with Gasteiger partial charge in [0.05, 0.1) is 0 Å². The fourth-order valence-corrected chi connectivity index (χ4v) is 3.31. The van der Waals surface area contributed by atoms with Crippen LogP contribution in [-0.4, -0.2) is 0 Å². The molecule has 2 aromatic carbocycles. The van der Waals surface area contributed by atoms with Gasteiger partial charge in [0.15, 0.2) is 0 Å². The van der Waals surface area contributed by atoms with Crippen LogP contribution in [0.1, 0.15) is 45.4 Å². The van der Waals surface area contributed by atoms with E-state index in [1.54, 1.807) is 0 Å². The van der Waals surface area contributed by atoms with Gasteiger partial charge in [-0.2, -0.15) is 0 Å². The van der Waals surface area contributed by atoms with Gasteiger partial charge in [-0.05, 0) is 42.0 Å². The maximum absolute atomic E-state index is 2.47. The van der Waals surface area contributed by atoms with Gasteiger partial charge in [0.1, 0.15) is 0 Å². The third kappa shape index (κ3) is 2.20. The first-order valence-corrected chi connectivity index (χ1v) is 7.82. The first-order chi connectivity index (χ1) is 8.75. The molecule has 2 atom stereocenters. The van der Waals surface area contributed by atoms with Crippen LogP contribution in [0.2, 0.25) is 0 Å². The van der Waals surface area contributed by atoms with Crippen LogP contribution < -0.4 is 0 Å². The Bertz CT molecular complexity index is 540. The van der Waals surface area contributed by atoms with E-state index in [0.717, 1.165) is 0 Å². The molecule has 0 bridgehead atoms. The summed E-state index contributed by atoms with van der Waals surface area (Å²) in [6.07, 6.45) is 2.49. The molecule has 0 nitrogen and oxygen atoms in total. The molecule has 0 saturated heterocycles. The predicted molar refractivity (Wildman–Crippen MR) is 85.5 cm³/mol. The Balaban J connectivity index is 1.93. The van der Waals surface area contributed by atoms with Crippen LogP contribution in [-0.2, 0) is 6.42 Å². The van der Waals surface area contributed by atoms with Crippen LogP contribution in [0, 0.1) is 0 Å². The molecule has 92 valence electrons. The summed E-state index contributed by atoms with van der Waals surface area (Å²) >= 11 is 2.47. The Kier molecular flexibility index (Phi) is 3.42. The monoisotopic (exact) mass is 348 g/mol. The number of aryl methyl sites for hydroxylation is 1. The first kappa shape index (κ1) is 12.2. The van der Waals surface area contributed by atoms with Gasteiger partial charge < -0.3 is 0 Å². The Morgan fingerprint density at radius 3 is 2.50 bits per heavy atom. The summed E-state index contributed by atoms with van der Waals surface area (Å²) in [5, 5.41) is 0. The van der Waals surface area contributed by atoms with Crippen LogP contribution in [0.4, 0.5) is 0 Å². The minimum atomic E-state index is 0.590. The van der Waals surface area contributed by atoms with Crippen molar-refractivity contribution in [1.29, 1.82) is 0 Å². The normalized spacial score (nSPS) is 19.6. The minimum absolute atomic E-state index is 0.590. The van der Waals surface area contributed by atoms with Crippen molar-refractivity contribution in [2.24, 2.45) is 0 Å². The Hall–Kier alpha value is -0.830. The lowest BCUT2D eigenvalue weighted by atomic mass is 9.92. The van der Waals surface area contributed by atoms with Gasteiger partial charge in [0.25, 0.3) is 0 Å². The minimum Gasteiger partial charge on any atom is -0.0777 e. The van der Waals surface area contributed by atoms with Crippen molar-refractivity contribution in [3.63, 3.8) is 0 Å². The summed E-state index contributed by atoms with van der Waals surface area (Å²) in [5.41, 5.74) is 5.97. The third-order valence-electron chi connectivity index (χ3n) is 3.93. The lowest BCUT2D eigenvalue weighted by Gasteiger charge is -2.13. The quantitative estimate of drug-likeness (QED) is 0.513. The lowest BCUT2D eigenvalue weighted by Crippen LogP contribution is -1.96. The SMILES string of the molecule is CC(I)c1ccc(C2CCc3ccccc32)cc1. The highest BCUT2D eigenvalue weighted by atomic mass is 127. The smallest absolute Gasteiger partial charge is 0.0331 e. The third-order valence-corrected chi connectivity index (χ3v) is 4.65. The summed E-state index contributed by atoms with van der Waals surface area (Å²) in [6, 6.07) is 18.1. The van der Waals surface area contributed by atoms with E-state index in [4.69, 9.17) is 0 Å². The van der Waals surface area contributed by atoms with Crippen molar-refractivity contribution in [3.8, 4) is 0 Å². The standard InChI is InChI=1S/C17H17I/c1-12(18)13-6-8-15(9-7-13)17-11-10-14-4-2-3-5-16(14)17/h2-9,12,17H,10-11H2,1H3. The Morgan fingerprint density at radius 1 is 1.06 bits per heavy atom. The van der Waals surface area contributed by atoms with E-state index in [-0.39, 0.29) is 0 Å². The second kappa shape index (κ2) is 5.04. The number of hydrogen-bond donors (Lipinski definition) is 0. The molecule has 0 N–H and O–H groups in total. The van der Waals surface area contributed by atoms with Crippen LogP contribution in [0.5, 0.6) is 0 Å². The fourth-order valence-electron chi connectivity index (χ4n) is 2.90. The second-order valence-electron chi connectivity index (χ2n) is 5.07.